The highest BCUT2D eigenvalue weighted by Crippen LogP contribution is 2.53. The molecular weight excluding hydrogens is 330 g/mol. The van der Waals surface area contributed by atoms with Crippen LogP contribution in [-0.4, -0.2) is 11.8 Å². The van der Waals surface area contributed by atoms with Crippen LogP contribution in [0, 0.1) is 23.7 Å². The Labute approximate surface area is 148 Å². The van der Waals surface area contributed by atoms with Gasteiger partial charge in [-0.05, 0) is 42.5 Å². The molecule has 1 saturated heterocycles. The van der Waals surface area contributed by atoms with Crippen molar-refractivity contribution in [3.05, 3.63) is 54.6 Å². The quantitative estimate of drug-likeness (QED) is 0.485. The van der Waals surface area contributed by atoms with Crippen molar-refractivity contribution in [3.63, 3.8) is 0 Å². The molecule has 2 fully saturated rings. The Bertz CT molecular complexity index is 1080. The van der Waals surface area contributed by atoms with Crippen molar-refractivity contribution in [1.29, 1.82) is 0 Å². The molecule has 3 aliphatic rings. The molecule has 1 saturated carbocycles. The van der Waals surface area contributed by atoms with E-state index < -0.39 is 0 Å². The molecule has 122 valence electrons. The number of allylic oxidation sites excluding steroid dienone is 2. The summed E-state index contributed by atoms with van der Waals surface area (Å²) < 4.78 is 2.42. The zero-order valence-electron chi connectivity index (χ0n) is 13.4. The number of benzene rings is 2. The first-order chi connectivity index (χ1) is 12.2. The van der Waals surface area contributed by atoms with E-state index in [2.05, 4.69) is 24.3 Å². The number of amides is 2. The van der Waals surface area contributed by atoms with Gasteiger partial charge < -0.3 is 0 Å². The van der Waals surface area contributed by atoms with Gasteiger partial charge in [0.05, 0.1) is 17.5 Å². The summed E-state index contributed by atoms with van der Waals surface area (Å²) in [7, 11) is 0. The first-order valence-corrected chi connectivity index (χ1v) is 9.51. The minimum atomic E-state index is -0.141. The highest BCUT2D eigenvalue weighted by Gasteiger charge is 2.59. The Morgan fingerprint density at radius 3 is 2.28 bits per heavy atom. The van der Waals surface area contributed by atoms with Crippen LogP contribution < -0.4 is 4.90 Å². The number of anilines is 1. The van der Waals surface area contributed by atoms with Crippen LogP contribution in [0.4, 0.5) is 5.69 Å². The molecule has 2 aromatic carbocycles. The predicted molar refractivity (Wildman–Crippen MR) is 99.5 cm³/mol. The summed E-state index contributed by atoms with van der Waals surface area (Å²) in [6, 6.07) is 14.3. The van der Waals surface area contributed by atoms with Crippen molar-refractivity contribution in [3.8, 4) is 0 Å². The second-order valence-electron chi connectivity index (χ2n) is 7.29. The lowest BCUT2D eigenvalue weighted by Gasteiger charge is -2.17. The number of imide groups is 1. The predicted octanol–water partition coefficient (Wildman–Crippen LogP) is 4.37. The number of carbonyl (C=O) groups is 2. The molecular formula is C21H15NO2S. The number of carbonyl (C=O) groups excluding carboxylic acids is 2. The minimum Gasteiger partial charge on any atom is -0.274 e. The van der Waals surface area contributed by atoms with Crippen LogP contribution in [0.15, 0.2) is 54.6 Å². The van der Waals surface area contributed by atoms with E-state index in [1.165, 1.54) is 19.7 Å². The van der Waals surface area contributed by atoms with Crippen LogP contribution in [0.25, 0.3) is 20.2 Å². The van der Waals surface area contributed by atoms with Crippen molar-refractivity contribution in [2.45, 2.75) is 6.42 Å². The molecule has 0 N–H and O–H groups in total. The Hall–Kier alpha value is -2.46. The van der Waals surface area contributed by atoms with Gasteiger partial charge in [0.15, 0.2) is 0 Å². The number of nitrogens with zero attached hydrogens (tertiary/aromatic N) is 1. The molecule has 0 radical (unpaired) electrons. The summed E-state index contributed by atoms with van der Waals surface area (Å²) in [4.78, 5) is 27.5. The molecule has 4 heteroatoms. The summed E-state index contributed by atoms with van der Waals surface area (Å²) in [6.07, 6.45) is 5.24. The lowest BCUT2D eigenvalue weighted by molar-refractivity contribution is -0.123. The van der Waals surface area contributed by atoms with Gasteiger partial charge in [-0.3, -0.25) is 9.59 Å². The first-order valence-electron chi connectivity index (χ1n) is 8.70. The molecule has 3 aromatic rings. The maximum atomic E-state index is 13.0. The van der Waals surface area contributed by atoms with E-state index in [9.17, 15) is 9.59 Å². The molecule has 2 aliphatic carbocycles. The lowest BCUT2D eigenvalue weighted by Crippen LogP contribution is -2.32. The van der Waals surface area contributed by atoms with Gasteiger partial charge >= 0.3 is 0 Å². The molecule has 0 spiro atoms. The molecule has 0 unspecified atom stereocenters. The molecule has 4 atom stereocenters. The van der Waals surface area contributed by atoms with Crippen LogP contribution in [0.2, 0.25) is 0 Å². The van der Waals surface area contributed by atoms with Crippen LogP contribution >= 0.6 is 11.3 Å². The fourth-order valence-electron chi connectivity index (χ4n) is 5.01. The van der Waals surface area contributed by atoms with Gasteiger partial charge in [-0.1, -0.05) is 30.4 Å². The SMILES string of the molecule is O=C1[C@@H]2[C@H](C(=O)N1c1ccc3sc4ccccc4c3c1)[C@@H]1C=C[C@H]2C1. The van der Waals surface area contributed by atoms with E-state index in [4.69, 9.17) is 0 Å². The standard InChI is InChI=1S/C21H15NO2S/c23-20-18-11-5-6-12(9-11)19(18)21(24)22(20)13-7-8-17-15(10-13)14-3-1-2-4-16(14)25-17/h1-8,10-12,18-19H,9H2/t11-,12+,18-,19+. The number of hydrogen-bond acceptors (Lipinski definition) is 3. The normalized spacial score (nSPS) is 30.2. The molecule has 6 rings (SSSR count). The van der Waals surface area contributed by atoms with Crippen molar-refractivity contribution >= 4 is 49.0 Å². The van der Waals surface area contributed by atoms with Gasteiger partial charge in [0, 0.05) is 20.2 Å². The lowest BCUT2D eigenvalue weighted by atomic mass is 9.85. The summed E-state index contributed by atoms with van der Waals surface area (Å²) in [5.41, 5.74) is 0.722. The van der Waals surface area contributed by atoms with Crippen molar-refractivity contribution < 1.29 is 9.59 Å². The van der Waals surface area contributed by atoms with Gasteiger partial charge in [-0.25, -0.2) is 4.90 Å². The average molecular weight is 345 g/mol. The summed E-state index contributed by atoms with van der Waals surface area (Å²) >= 11 is 1.74. The first kappa shape index (κ1) is 13.8. The fraction of sp³-hybridized carbons (Fsp3) is 0.238. The Kier molecular flexibility index (Phi) is 2.53. The minimum absolute atomic E-state index is 0.00858. The molecule has 2 heterocycles. The van der Waals surface area contributed by atoms with Crippen LogP contribution in [0.5, 0.6) is 0 Å². The third-order valence-electron chi connectivity index (χ3n) is 6.09. The van der Waals surface area contributed by atoms with E-state index in [1.54, 1.807) is 11.3 Å². The second-order valence-corrected chi connectivity index (χ2v) is 8.37. The van der Waals surface area contributed by atoms with Crippen LogP contribution in [0.1, 0.15) is 6.42 Å². The highest BCUT2D eigenvalue weighted by atomic mass is 32.1. The van der Waals surface area contributed by atoms with E-state index in [1.807, 2.05) is 30.3 Å². The molecule has 2 amide bonds. The zero-order valence-corrected chi connectivity index (χ0v) is 14.2. The fourth-order valence-corrected chi connectivity index (χ4v) is 6.10. The van der Waals surface area contributed by atoms with Crippen LogP contribution in [-0.2, 0) is 9.59 Å². The summed E-state index contributed by atoms with van der Waals surface area (Å²) in [5.74, 6) is 0.204. The summed E-state index contributed by atoms with van der Waals surface area (Å²) in [5, 5.41) is 2.31. The number of hydrogen-bond donors (Lipinski definition) is 0. The Morgan fingerprint density at radius 1 is 0.840 bits per heavy atom. The molecule has 3 nitrogen and oxygen atoms in total. The van der Waals surface area contributed by atoms with E-state index >= 15 is 0 Å². The molecule has 1 aliphatic heterocycles. The highest BCUT2D eigenvalue weighted by molar-refractivity contribution is 7.25. The maximum Gasteiger partial charge on any atom is 0.238 e. The van der Waals surface area contributed by atoms with E-state index in [0.29, 0.717) is 0 Å². The van der Waals surface area contributed by atoms with Gasteiger partial charge in [0.2, 0.25) is 11.8 Å². The van der Waals surface area contributed by atoms with Gasteiger partial charge in [-0.15, -0.1) is 11.3 Å². The smallest absolute Gasteiger partial charge is 0.238 e. The average Bonchev–Trinajstić information content (AvgIpc) is 3.37. The number of fused-ring (bicyclic) bond motifs is 8. The number of thiophene rings is 1. The Morgan fingerprint density at radius 2 is 1.52 bits per heavy atom. The number of rotatable bonds is 1. The maximum absolute atomic E-state index is 13.0. The van der Waals surface area contributed by atoms with Crippen molar-refractivity contribution in [2.24, 2.45) is 23.7 Å². The molecule has 25 heavy (non-hydrogen) atoms. The van der Waals surface area contributed by atoms with Gasteiger partial charge in [-0.2, -0.15) is 0 Å². The zero-order chi connectivity index (χ0) is 16.7. The largest absolute Gasteiger partial charge is 0.274 e. The van der Waals surface area contributed by atoms with E-state index in [-0.39, 0.29) is 35.5 Å². The monoisotopic (exact) mass is 345 g/mol. The van der Waals surface area contributed by atoms with Gasteiger partial charge in [0.1, 0.15) is 0 Å². The van der Waals surface area contributed by atoms with Gasteiger partial charge in [0.25, 0.3) is 0 Å². The topological polar surface area (TPSA) is 37.4 Å². The molecule has 2 bridgehead atoms. The summed E-state index contributed by atoms with van der Waals surface area (Å²) in [6.45, 7) is 0. The second kappa shape index (κ2) is 4.58. The third-order valence-corrected chi connectivity index (χ3v) is 7.24. The Balaban J connectivity index is 1.50. The third kappa shape index (κ3) is 1.65. The van der Waals surface area contributed by atoms with Crippen molar-refractivity contribution in [1.82, 2.24) is 0 Å². The van der Waals surface area contributed by atoms with E-state index in [0.717, 1.165) is 17.5 Å². The van der Waals surface area contributed by atoms with Crippen LogP contribution in [0.3, 0.4) is 0 Å². The van der Waals surface area contributed by atoms with Crippen molar-refractivity contribution in [2.75, 3.05) is 4.90 Å². The molecule has 1 aromatic heterocycles.